The molecular formula is C16H15BN2O4. The van der Waals surface area contributed by atoms with Gasteiger partial charge < -0.3 is 20.3 Å². The Bertz CT molecular complexity index is 761. The van der Waals surface area contributed by atoms with Gasteiger partial charge in [-0.2, -0.15) is 0 Å². The number of rotatable bonds is 3. The highest BCUT2D eigenvalue weighted by atomic mass is 16.5. The standard InChI is InChI=1S/C16H15BN2O4/c1-10(20)18-13-5-2-11(3-6-13)16(21)19-14-7-4-12-9-23-17(22)15(12)8-14/h2-8,22H,9H2,1H3,(H,18,20)(H,19,21). The van der Waals surface area contributed by atoms with Crippen LogP contribution in [-0.4, -0.2) is 24.0 Å². The number of amides is 2. The quantitative estimate of drug-likeness (QED) is 0.741. The fraction of sp³-hybridized carbons (Fsp3) is 0.125. The van der Waals surface area contributed by atoms with Crippen molar-refractivity contribution >= 4 is 35.8 Å². The molecule has 0 bridgehead atoms. The van der Waals surface area contributed by atoms with Gasteiger partial charge in [-0.3, -0.25) is 9.59 Å². The van der Waals surface area contributed by atoms with E-state index in [-0.39, 0.29) is 11.8 Å². The summed E-state index contributed by atoms with van der Waals surface area (Å²) in [4.78, 5) is 23.2. The normalized spacial score (nSPS) is 12.7. The van der Waals surface area contributed by atoms with Gasteiger partial charge in [0.25, 0.3) is 5.91 Å². The largest absolute Gasteiger partial charge is 0.491 e. The lowest BCUT2D eigenvalue weighted by Gasteiger charge is -2.08. The van der Waals surface area contributed by atoms with Crippen LogP contribution < -0.4 is 16.1 Å². The molecule has 2 aromatic rings. The van der Waals surface area contributed by atoms with Gasteiger partial charge in [-0.05, 0) is 47.4 Å². The van der Waals surface area contributed by atoms with Crippen molar-refractivity contribution < 1.29 is 19.3 Å². The fourth-order valence-electron chi connectivity index (χ4n) is 2.40. The number of carbonyl (C=O) groups is 2. The van der Waals surface area contributed by atoms with Gasteiger partial charge in [-0.15, -0.1) is 0 Å². The summed E-state index contributed by atoms with van der Waals surface area (Å²) < 4.78 is 5.12. The van der Waals surface area contributed by atoms with Crippen molar-refractivity contribution in [2.45, 2.75) is 13.5 Å². The Balaban J connectivity index is 1.72. The summed E-state index contributed by atoms with van der Waals surface area (Å²) in [7, 11) is -0.946. The second kappa shape index (κ2) is 6.24. The van der Waals surface area contributed by atoms with Crippen molar-refractivity contribution in [2.24, 2.45) is 0 Å². The molecule has 3 rings (SSSR count). The first-order valence-corrected chi connectivity index (χ1v) is 7.14. The number of hydrogen-bond acceptors (Lipinski definition) is 4. The summed E-state index contributed by atoms with van der Waals surface area (Å²) in [5, 5.41) is 15.1. The molecule has 1 aliphatic rings. The van der Waals surface area contributed by atoms with Gasteiger partial charge in [-0.25, -0.2) is 0 Å². The van der Waals surface area contributed by atoms with E-state index in [0.717, 1.165) is 5.56 Å². The summed E-state index contributed by atoms with van der Waals surface area (Å²) in [5.74, 6) is -0.436. The molecule has 0 spiro atoms. The monoisotopic (exact) mass is 310 g/mol. The molecule has 23 heavy (non-hydrogen) atoms. The van der Waals surface area contributed by atoms with Gasteiger partial charge in [0.2, 0.25) is 5.91 Å². The van der Waals surface area contributed by atoms with Gasteiger partial charge in [0.1, 0.15) is 0 Å². The van der Waals surface area contributed by atoms with Gasteiger partial charge in [0, 0.05) is 23.9 Å². The SMILES string of the molecule is CC(=O)Nc1ccc(C(=O)Nc2ccc3c(c2)B(O)OC3)cc1. The highest BCUT2D eigenvalue weighted by Gasteiger charge is 2.27. The molecule has 1 aliphatic heterocycles. The van der Waals surface area contributed by atoms with E-state index < -0.39 is 7.12 Å². The minimum absolute atomic E-state index is 0.166. The molecule has 0 fully saturated rings. The molecule has 3 N–H and O–H groups in total. The zero-order chi connectivity index (χ0) is 16.4. The van der Waals surface area contributed by atoms with E-state index in [1.165, 1.54) is 6.92 Å². The van der Waals surface area contributed by atoms with E-state index in [1.54, 1.807) is 36.4 Å². The van der Waals surface area contributed by atoms with Crippen molar-refractivity contribution in [3.8, 4) is 0 Å². The minimum Gasteiger partial charge on any atom is -0.423 e. The number of hydrogen-bond donors (Lipinski definition) is 3. The summed E-state index contributed by atoms with van der Waals surface area (Å²) in [6.07, 6.45) is 0. The molecule has 0 saturated heterocycles. The Labute approximate surface area is 133 Å². The van der Waals surface area contributed by atoms with Crippen LogP contribution in [0.25, 0.3) is 0 Å². The lowest BCUT2D eigenvalue weighted by molar-refractivity contribution is -0.114. The smallest absolute Gasteiger partial charge is 0.423 e. The Morgan fingerprint density at radius 3 is 2.48 bits per heavy atom. The van der Waals surface area contributed by atoms with E-state index in [0.29, 0.717) is 29.0 Å². The maximum atomic E-state index is 12.2. The van der Waals surface area contributed by atoms with Crippen LogP contribution in [0.3, 0.4) is 0 Å². The Morgan fingerprint density at radius 1 is 1.09 bits per heavy atom. The van der Waals surface area contributed by atoms with E-state index in [4.69, 9.17) is 4.65 Å². The summed E-state index contributed by atoms with van der Waals surface area (Å²) in [5.41, 5.74) is 3.27. The molecule has 2 aromatic carbocycles. The highest BCUT2D eigenvalue weighted by Crippen LogP contribution is 2.16. The molecule has 0 unspecified atom stereocenters. The van der Waals surface area contributed by atoms with Crippen molar-refractivity contribution in [2.75, 3.05) is 10.6 Å². The molecule has 6 nitrogen and oxygen atoms in total. The molecule has 0 saturated carbocycles. The zero-order valence-corrected chi connectivity index (χ0v) is 12.5. The third kappa shape index (κ3) is 3.41. The molecule has 0 atom stereocenters. The van der Waals surface area contributed by atoms with Crippen molar-refractivity contribution in [1.29, 1.82) is 0 Å². The molecule has 116 valence electrons. The lowest BCUT2D eigenvalue weighted by atomic mass is 9.79. The van der Waals surface area contributed by atoms with Crippen LogP contribution in [0.2, 0.25) is 0 Å². The first-order chi connectivity index (χ1) is 11.0. The third-order valence-corrected chi connectivity index (χ3v) is 3.53. The topological polar surface area (TPSA) is 87.7 Å². The Hall–Kier alpha value is -2.64. The molecule has 2 amide bonds. The third-order valence-electron chi connectivity index (χ3n) is 3.53. The molecule has 7 heteroatoms. The second-order valence-electron chi connectivity index (χ2n) is 5.29. The van der Waals surface area contributed by atoms with Gasteiger partial charge in [0.05, 0.1) is 6.61 Å². The predicted octanol–water partition coefficient (Wildman–Crippen LogP) is 1.11. The number of anilines is 2. The van der Waals surface area contributed by atoms with Crippen LogP contribution in [-0.2, 0) is 16.1 Å². The van der Waals surface area contributed by atoms with Gasteiger partial charge in [0.15, 0.2) is 0 Å². The lowest BCUT2D eigenvalue weighted by Crippen LogP contribution is -2.28. The summed E-state index contributed by atoms with van der Waals surface area (Å²) in [6, 6.07) is 11.9. The van der Waals surface area contributed by atoms with Crippen LogP contribution in [0.5, 0.6) is 0 Å². The Kier molecular flexibility index (Phi) is 4.14. The average Bonchev–Trinajstić information content (AvgIpc) is 2.88. The first-order valence-electron chi connectivity index (χ1n) is 7.14. The number of benzene rings is 2. The van der Waals surface area contributed by atoms with Crippen LogP contribution in [0.4, 0.5) is 11.4 Å². The molecular weight excluding hydrogens is 295 g/mol. The second-order valence-corrected chi connectivity index (χ2v) is 5.29. The summed E-state index contributed by atoms with van der Waals surface area (Å²) >= 11 is 0. The van der Waals surface area contributed by atoms with Gasteiger partial charge >= 0.3 is 7.12 Å². The maximum absolute atomic E-state index is 12.2. The van der Waals surface area contributed by atoms with Crippen LogP contribution >= 0.6 is 0 Å². The minimum atomic E-state index is -0.946. The van der Waals surface area contributed by atoms with Crippen LogP contribution in [0.15, 0.2) is 42.5 Å². The number of nitrogens with one attached hydrogen (secondary N) is 2. The van der Waals surface area contributed by atoms with Crippen LogP contribution in [0.1, 0.15) is 22.8 Å². The number of fused-ring (bicyclic) bond motifs is 1. The van der Waals surface area contributed by atoms with E-state index >= 15 is 0 Å². The predicted molar refractivity (Wildman–Crippen MR) is 87.5 cm³/mol. The van der Waals surface area contributed by atoms with Crippen molar-refractivity contribution in [3.63, 3.8) is 0 Å². The van der Waals surface area contributed by atoms with Crippen molar-refractivity contribution in [1.82, 2.24) is 0 Å². The molecule has 0 aromatic heterocycles. The first kappa shape index (κ1) is 15.3. The van der Waals surface area contributed by atoms with Crippen LogP contribution in [0, 0.1) is 0 Å². The van der Waals surface area contributed by atoms with E-state index in [9.17, 15) is 14.6 Å². The van der Waals surface area contributed by atoms with E-state index in [1.807, 2.05) is 6.07 Å². The number of carbonyl (C=O) groups excluding carboxylic acids is 2. The fourth-order valence-corrected chi connectivity index (χ4v) is 2.40. The highest BCUT2D eigenvalue weighted by molar-refractivity contribution is 6.61. The van der Waals surface area contributed by atoms with Gasteiger partial charge in [-0.1, -0.05) is 6.07 Å². The average molecular weight is 310 g/mol. The molecule has 1 heterocycles. The Morgan fingerprint density at radius 2 is 1.78 bits per heavy atom. The molecule has 0 aliphatic carbocycles. The van der Waals surface area contributed by atoms with Crippen molar-refractivity contribution in [3.05, 3.63) is 53.6 Å². The molecule has 0 radical (unpaired) electrons. The zero-order valence-electron chi connectivity index (χ0n) is 12.5. The maximum Gasteiger partial charge on any atom is 0.491 e. The van der Waals surface area contributed by atoms with E-state index in [2.05, 4.69) is 10.6 Å². The summed E-state index contributed by atoms with van der Waals surface area (Å²) in [6.45, 7) is 1.79.